The Labute approximate surface area is 99.1 Å². The largest absolute Gasteiger partial charge is 0.855 e. The van der Waals surface area contributed by atoms with Crippen molar-refractivity contribution in [3.63, 3.8) is 0 Å². The first-order valence-corrected chi connectivity index (χ1v) is 3.98. The molecule has 0 fully saturated rings. The van der Waals surface area contributed by atoms with Crippen LogP contribution in [0.5, 0.6) is 0 Å². The van der Waals surface area contributed by atoms with Crippen LogP contribution in [0.4, 0.5) is 0 Å². The van der Waals surface area contributed by atoms with Crippen molar-refractivity contribution in [1.29, 1.82) is 0 Å². The monoisotopic (exact) mass is 301 g/mol. The Morgan fingerprint density at radius 3 is 0.538 bits per heavy atom. The second kappa shape index (κ2) is 79.3. The Morgan fingerprint density at radius 1 is 0.538 bits per heavy atom. The van der Waals surface area contributed by atoms with Gasteiger partial charge in [-0.3, -0.25) is 0 Å². The smallest absolute Gasteiger partial charge is 0 e. The molecule has 13 heavy (non-hydrogen) atoms. The standard InChI is InChI=1S/4C2H5O.Sb/c4*1-2-3;/h4*2H2,1H3;/q4*-1;. The summed E-state index contributed by atoms with van der Waals surface area (Å²) in [7, 11) is 0. The van der Waals surface area contributed by atoms with Gasteiger partial charge in [-0.1, -0.05) is 27.7 Å². The molecule has 0 bridgehead atoms. The zero-order valence-electron chi connectivity index (χ0n) is 8.91. The van der Waals surface area contributed by atoms with Crippen LogP contribution in [-0.2, 0) is 0 Å². The van der Waals surface area contributed by atoms with Crippen molar-refractivity contribution in [2.75, 3.05) is 26.4 Å². The van der Waals surface area contributed by atoms with E-state index >= 15 is 0 Å². The molecular weight excluding hydrogens is 282 g/mol. The molecule has 85 valence electrons. The van der Waals surface area contributed by atoms with E-state index in [1.54, 1.807) is 27.7 Å². The molecule has 0 aromatic carbocycles. The summed E-state index contributed by atoms with van der Waals surface area (Å²) in [5.74, 6) is 0. The summed E-state index contributed by atoms with van der Waals surface area (Å²) in [5, 5.41) is 35.7. The van der Waals surface area contributed by atoms with Crippen LogP contribution in [-0.4, -0.2) is 50.9 Å². The molecule has 0 saturated heterocycles. The Bertz CT molecular complexity index is 24.1. The first-order valence-electron chi connectivity index (χ1n) is 3.98. The Morgan fingerprint density at radius 2 is 0.538 bits per heavy atom. The van der Waals surface area contributed by atoms with E-state index in [2.05, 4.69) is 0 Å². The van der Waals surface area contributed by atoms with Crippen LogP contribution in [0.25, 0.3) is 0 Å². The van der Waals surface area contributed by atoms with Gasteiger partial charge in [-0.05, 0) is 0 Å². The molecular formula is C8H20O4Sb-4. The molecule has 0 spiro atoms. The van der Waals surface area contributed by atoms with Gasteiger partial charge < -0.3 is 20.4 Å². The predicted molar refractivity (Wildman–Crippen MR) is 47.9 cm³/mol. The second-order valence-corrected chi connectivity index (χ2v) is 1.15. The molecule has 5 heteroatoms. The third-order valence-corrected chi connectivity index (χ3v) is 0. The maximum atomic E-state index is 8.93. The quantitative estimate of drug-likeness (QED) is 0.448. The van der Waals surface area contributed by atoms with E-state index in [1.165, 1.54) is 0 Å². The SMILES string of the molecule is CC[O-].CC[O-].CC[O-].CC[O-].[Sb]. The van der Waals surface area contributed by atoms with Crippen LogP contribution in [0.15, 0.2) is 0 Å². The van der Waals surface area contributed by atoms with Crippen molar-refractivity contribution >= 4 is 24.4 Å². The molecule has 4 nitrogen and oxygen atoms in total. The third-order valence-electron chi connectivity index (χ3n) is 0. The van der Waals surface area contributed by atoms with E-state index in [9.17, 15) is 0 Å². The zero-order chi connectivity index (χ0) is 10.8. The van der Waals surface area contributed by atoms with Gasteiger partial charge in [0.2, 0.25) is 0 Å². The van der Waals surface area contributed by atoms with Gasteiger partial charge in [-0.25, -0.2) is 0 Å². The van der Waals surface area contributed by atoms with E-state index < -0.39 is 0 Å². The first-order chi connectivity index (χ1) is 5.66. The number of hydrogen-bond acceptors (Lipinski definition) is 4. The van der Waals surface area contributed by atoms with E-state index in [0.29, 0.717) is 0 Å². The average Bonchev–Trinajstić information content (AvgIpc) is 1.92. The summed E-state index contributed by atoms with van der Waals surface area (Å²) < 4.78 is 0. The van der Waals surface area contributed by atoms with Gasteiger partial charge in [0.05, 0.1) is 0 Å². The molecule has 0 atom stereocenters. The summed E-state index contributed by atoms with van der Waals surface area (Å²) in [6, 6.07) is 0. The molecule has 0 aromatic heterocycles. The van der Waals surface area contributed by atoms with Crippen molar-refractivity contribution in [1.82, 2.24) is 0 Å². The molecule has 0 unspecified atom stereocenters. The van der Waals surface area contributed by atoms with Gasteiger partial charge in [0.1, 0.15) is 0 Å². The van der Waals surface area contributed by atoms with Crippen LogP contribution < -0.4 is 20.4 Å². The molecule has 0 rings (SSSR count). The fourth-order valence-corrected chi connectivity index (χ4v) is 0. The first kappa shape index (κ1) is 29.2. The number of rotatable bonds is 0. The van der Waals surface area contributed by atoms with Crippen molar-refractivity contribution in [2.24, 2.45) is 0 Å². The van der Waals surface area contributed by atoms with E-state index in [0.717, 1.165) is 0 Å². The summed E-state index contributed by atoms with van der Waals surface area (Å²) in [6.07, 6.45) is 0. The zero-order valence-corrected chi connectivity index (χ0v) is 11.5. The minimum Gasteiger partial charge on any atom is -0.855 e. The minimum atomic E-state index is 0. The van der Waals surface area contributed by atoms with Crippen molar-refractivity contribution in [3.8, 4) is 0 Å². The molecule has 0 aliphatic heterocycles. The van der Waals surface area contributed by atoms with Gasteiger partial charge in [0.25, 0.3) is 0 Å². The van der Waals surface area contributed by atoms with Crippen LogP contribution in [0, 0.1) is 0 Å². The Hall–Kier alpha value is 0.658. The molecule has 0 aliphatic carbocycles. The maximum absolute atomic E-state index is 8.93. The maximum Gasteiger partial charge on any atom is 0 e. The molecule has 0 heterocycles. The van der Waals surface area contributed by atoms with E-state index in [-0.39, 0.29) is 50.9 Å². The van der Waals surface area contributed by atoms with Gasteiger partial charge >= 0.3 is 0 Å². The van der Waals surface area contributed by atoms with Crippen LogP contribution in [0.3, 0.4) is 0 Å². The van der Waals surface area contributed by atoms with E-state index in [1.807, 2.05) is 0 Å². The third kappa shape index (κ3) is 3320. The Balaban J connectivity index is -0.0000000213. The van der Waals surface area contributed by atoms with Gasteiger partial charge in [-0.15, -0.1) is 26.4 Å². The van der Waals surface area contributed by atoms with Crippen LogP contribution in [0.1, 0.15) is 27.7 Å². The van der Waals surface area contributed by atoms with Crippen molar-refractivity contribution in [2.45, 2.75) is 27.7 Å². The summed E-state index contributed by atoms with van der Waals surface area (Å²) >= 11 is 0. The van der Waals surface area contributed by atoms with Gasteiger partial charge in [-0.2, -0.15) is 0 Å². The van der Waals surface area contributed by atoms with Gasteiger partial charge in [0, 0.05) is 24.4 Å². The normalized spacial score (nSPS) is 5.54. The average molecular weight is 302 g/mol. The van der Waals surface area contributed by atoms with Crippen LogP contribution >= 0.6 is 0 Å². The van der Waals surface area contributed by atoms with E-state index in [4.69, 9.17) is 20.4 Å². The molecule has 3 radical (unpaired) electrons. The summed E-state index contributed by atoms with van der Waals surface area (Å²) in [6.45, 7) is 6.28. The van der Waals surface area contributed by atoms with Crippen LogP contribution in [0.2, 0.25) is 0 Å². The molecule has 0 saturated carbocycles. The van der Waals surface area contributed by atoms with Crippen molar-refractivity contribution < 1.29 is 20.4 Å². The minimum absolute atomic E-state index is 0. The topological polar surface area (TPSA) is 92.2 Å². The molecule has 0 aromatic rings. The Kier molecular flexibility index (Phi) is 178. The fraction of sp³-hybridized carbons (Fsp3) is 1.00. The van der Waals surface area contributed by atoms with Gasteiger partial charge in [0.15, 0.2) is 0 Å². The number of hydrogen-bond donors (Lipinski definition) is 0. The summed E-state index contributed by atoms with van der Waals surface area (Å²) in [4.78, 5) is 0. The molecule has 0 amide bonds. The molecule has 0 aliphatic rings. The fourth-order valence-electron chi connectivity index (χ4n) is 0. The second-order valence-electron chi connectivity index (χ2n) is 1.15. The molecule has 0 N–H and O–H groups in total. The predicted octanol–water partition coefficient (Wildman–Crippen LogP) is -2.91. The van der Waals surface area contributed by atoms with Crippen molar-refractivity contribution in [3.05, 3.63) is 0 Å². The summed E-state index contributed by atoms with van der Waals surface area (Å²) in [5.41, 5.74) is 0.